The van der Waals surface area contributed by atoms with Gasteiger partial charge in [0.1, 0.15) is 29.2 Å². The minimum absolute atomic E-state index is 0.00292. The number of nitrogens with one attached hydrogen (secondary N) is 4. The Labute approximate surface area is 172 Å². The maximum absolute atomic E-state index is 15.9. The molecule has 1 aliphatic heterocycles. The zero-order chi connectivity index (χ0) is 21.8. The van der Waals surface area contributed by atoms with Crippen molar-refractivity contribution in [3.8, 4) is 17.2 Å². The van der Waals surface area contributed by atoms with E-state index in [1.54, 1.807) is 39.0 Å². The van der Waals surface area contributed by atoms with Crippen LogP contribution in [0.15, 0.2) is 30.5 Å². The molecule has 1 aromatic heterocycles. The molecule has 0 atom stereocenters. The van der Waals surface area contributed by atoms with Gasteiger partial charge in [0.15, 0.2) is 5.82 Å². The smallest absolute Gasteiger partial charge is 0.160 e. The van der Waals surface area contributed by atoms with Gasteiger partial charge in [0, 0.05) is 29.6 Å². The summed E-state index contributed by atoms with van der Waals surface area (Å²) in [4.78, 5) is 4.17. The van der Waals surface area contributed by atoms with Crippen molar-refractivity contribution in [2.75, 3.05) is 10.2 Å². The largest absolute Gasteiger partial charge is 0.371 e. The summed E-state index contributed by atoms with van der Waals surface area (Å²) in [6.07, 6.45) is 1.78. The van der Waals surface area contributed by atoms with Gasteiger partial charge in [0.25, 0.3) is 0 Å². The number of fused-ring (bicyclic) bond motifs is 2. The summed E-state index contributed by atoms with van der Waals surface area (Å²) in [6.45, 7) is 5.19. The maximum atomic E-state index is 15.9. The first-order valence-electron chi connectivity index (χ1n) is 9.48. The number of amidine groups is 2. The highest BCUT2D eigenvalue weighted by atomic mass is 19.1. The van der Waals surface area contributed by atoms with Crippen LogP contribution in [0.3, 0.4) is 0 Å². The number of para-hydroxylation sites is 1. The first kappa shape index (κ1) is 19.6. The number of aromatic nitrogens is 1. The molecule has 0 bridgehead atoms. The molecule has 0 aliphatic carbocycles. The summed E-state index contributed by atoms with van der Waals surface area (Å²) in [5.41, 5.74) is 0.0556. The summed E-state index contributed by atoms with van der Waals surface area (Å²) >= 11 is 0. The molecule has 152 valence electrons. The highest BCUT2D eigenvalue weighted by molar-refractivity contribution is 6.24. The highest BCUT2D eigenvalue weighted by Crippen LogP contribution is 2.44. The van der Waals surface area contributed by atoms with Crippen LogP contribution in [0, 0.1) is 33.8 Å². The van der Waals surface area contributed by atoms with Gasteiger partial charge < -0.3 is 10.3 Å². The minimum atomic E-state index is -0.907. The van der Waals surface area contributed by atoms with E-state index >= 15 is 8.78 Å². The monoisotopic (exact) mass is 406 g/mol. The Hall–Kier alpha value is -3.73. The average molecular weight is 406 g/mol. The number of hydrogen-bond donors (Lipinski definition) is 4. The lowest BCUT2D eigenvalue weighted by Gasteiger charge is -2.42. The zero-order valence-electron chi connectivity index (χ0n) is 16.7. The number of aromatic amines is 1. The number of anilines is 2. The molecule has 2 aromatic carbocycles. The number of benzene rings is 2. The number of rotatable bonds is 2. The van der Waals surface area contributed by atoms with E-state index in [9.17, 15) is 5.26 Å². The number of nitrogens with zero attached hydrogens (tertiary/aromatic N) is 2. The predicted molar refractivity (Wildman–Crippen MR) is 114 cm³/mol. The lowest BCUT2D eigenvalue weighted by atomic mass is 9.93. The second-order valence-corrected chi connectivity index (χ2v) is 7.72. The molecule has 0 unspecified atom stereocenters. The molecule has 0 fully saturated rings. The van der Waals surface area contributed by atoms with Gasteiger partial charge >= 0.3 is 0 Å². The molecular weight excluding hydrogens is 386 g/mol. The Kier molecular flexibility index (Phi) is 4.35. The number of nitriles is 1. The molecule has 0 saturated heterocycles. The van der Waals surface area contributed by atoms with E-state index in [1.165, 1.54) is 17.2 Å². The molecule has 6 nitrogen and oxygen atoms in total. The number of H-pyrrole nitrogens is 1. The molecule has 3 aromatic rings. The van der Waals surface area contributed by atoms with Crippen molar-refractivity contribution >= 4 is 33.9 Å². The Morgan fingerprint density at radius 1 is 1.30 bits per heavy atom. The Morgan fingerprint density at radius 3 is 2.70 bits per heavy atom. The quantitative estimate of drug-likeness (QED) is 0.340. The van der Waals surface area contributed by atoms with Gasteiger partial charge in [-0.3, -0.25) is 15.7 Å². The van der Waals surface area contributed by atoms with E-state index in [0.717, 1.165) is 0 Å². The fourth-order valence-electron chi connectivity index (χ4n) is 3.84. The third-order valence-corrected chi connectivity index (χ3v) is 5.39. The van der Waals surface area contributed by atoms with Crippen LogP contribution < -0.4 is 10.2 Å². The molecular formula is C22H20F2N6. The van der Waals surface area contributed by atoms with Crippen molar-refractivity contribution in [3.63, 3.8) is 0 Å². The van der Waals surface area contributed by atoms with Crippen molar-refractivity contribution in [2.24, 2.45) is 0 Å². The van der Waals surface area contributed by atoms with Crippen molar-refractivity contribution in [1.82, 2.24) is 4.98 Å². The van der Waals surface area contributed by atoms with Crippen LogP contribution in [-0.2, 0) is 0 Å². The van der Waals surface area contributed by atoms with E-state index < -0.39 is 17.2 Å². The van der Waals surface area contributed by atoms with Gasteiger partial charge in [-0.25, -0.2) is 8.78 Å². The Bertz CT molecular complexity index is 1260. The van der Waals surface area contributed by atoms with Crippen LogP contribution in [0.25, 0.3) is 22.0 Å². The first-order chi connectivity index (χ1) is 14.2. The van der Waals surface area contributed by atoms with Gasteiger partial charge in [-0.05, 0) is 13.8 Å². The van der Waals surface area contributed by atoms with Crippen molar-refractivity contribution in [3.05, 3.63) is 47.7 Å². The molecule has 0 saturated carbocycles. The normalized spacial score (nSPS) is 14.9. The topological polar surface area (TPSA) is 103 Å². The van der Waals surface area contributed by atoms with Crippen LogP contribution in [0.2, 0.25) is 0 Å². The average Bonchev–Trinajstić information content (AvgIpc) is 3.12. The van der Waals surface area contributed by atoms with Gasteiger partial charge in [-0.15, -0.1) is 0 Å². The van der Waals surface area contributed by atoms with E-state index in [0.29, 0.717) is 16.5 Å². The fourth-order valence-corrected chi connectivity index (χ4v) is 3.84. The first-order valence-corrected chi connectivity index (χ1v) is 9.48. The number of hydrogen-bond acceptors (Lipinski definition) is 4. The molecule has 4 N–H and O–H groups in total. The summed E-state index contributed by atoms with van der Waals surface area (Å²) in [5.74, 6) is -1.59. The molecule has 0 radical (unpaired) electrons. The van der Waals surface area contributed by atoms with E-state index in [-0.39, 0.29) is 40.6 Å². The van der Waals surface area contributed by atoms with Gasteiger partial charge in [0.2, 0.25) is 0 Å². The van der Waals surface area contributed by atoms with Crippen LogP contribution in [-0.4, -0.2) is 22.2 Å². The van der Waals surface area contributed by atoms with Crippen molar-refractivity contribution in [1.29, 1.82) is 16.1 Å². The third-order valence-electron chi connectivity index (χ3n) is 5.39. The van der Waals surface area contributed by atoms with E-state index in [2.05, 4.69) is 16.4 Å². The SMILES string of the molecule is CCC(=N)N1C(=N)C(C)(C)Nc2cc(F)c(-c3cccc4c(C#N)c[nH]c34)c(F)c21. The summed E-state index contributed by atoms with van der Waals surface area (Å²) in [7, 11) is 0. The molecule has 2 heterocycles. The zero-order valence-corrected chi connectivity index (χ0v) is 16.7. The predicted octanol–water partition coefficient (Wildman–Crippen LogP) is 5.36. The Balaban J connectivity index is 2.04. The van der Waals surface area contributed by atoms with Gasteiger partial charge in [0.05, 0.1) is 27.9 Å². The van der Waals surface area contributed by atoms with Gasteiger partial charge in [-0.2, -0.15) is 5.26 Å². The van der Waals surface area contributed by atoms with Crippen molar-refractivity contribution in [2.45, 2.75) is 32.7 Å². The molecule has 30 heavy (non-hydrogen) atoms. The summed E-state index contributed by atoms with van der Waals surface area (Å²) < 4.78 is 31.1. The highest BCUT2D eigenvalue weighted by Gasteiger charge is 2.40. The van der Waals surface area contributed by atoms with Crippen LogP contribution in [0.1, 0.15) is 32.8 Å². The minimum Gasteiger partial charge on any atom is -0.371 e. The Morgan fingerprint density at radius 2 is 2.03 bits per heavy atom. The van der Waals surface area contributed by atoms with Crippen LogP contribution >= 0.6 is 0 Å². The molecule has 0 amide bonds. The second kappa shape index (κ2) is 6.66. The van der Waals surface area contributed by atoms with Crippen LogP contribution in [0.5, 0.6) is 0 Å². The maximum Gasteiger partial charge on any atom is 0.160 e. The fraction of sp³-hybridized carbons (Fsp3) is 0.227. The lowest BCUT2D eigenvalue weighted by Crippen LogP contribution is -2.55. The summed E-state index contributed by atoms with van der Waals surface area (Å²) in [6, 6.07) is 8.18. The number of halogens is 2. The lowest BCUT2D eigenvalue weighted by molar-refractivity contribution is 0.587. The summed E-state index contributed by atoms with van der Waals surface area (Å²) in [5, 5.41) is 29.7. The van der Waals surface area contributed by atoms with Crippen LogP contribution in [0.4, 0.5) is 20.2 Å². The van der Waals surface area contributed by atoms with Crippen molar-refractivity contribution < 1.29 is 8.78 Å². The molecule has 4 rings (SSSR count). The molecule has 8 heteroatoms. The van der Waals surface area contributed by atoms with Gasteiger partial charge in [-0.1, -0.05) is 25.1 Å². The second-order valence-electron chi connectivity index (χ2n) is 7.72. The third kappa shape index (κ3) is 2.66. The molecule has 0 spiro atoms. The van der Waals surface area contributed by atoms with E-state index in [4.69, 9.17) is 10.8 Å². The standard InChI is InChI=1S/C22H20F2N6/c1-4-16(26)30-20-15(29-22(2,3)21(30)27)8-14(23)17(18(20)24)13-7-5-6-12-11(9-25)10-28-19(12)13/h5-8,10,26-29H,4H2,1-3H3. The molecule has 1 aliphatic rings. The van der Waals surface area contributed by atoms with E-state index in [1.807, 2.05) is 0 Å².